The number of fused-ring (bicyclic) bond motifs is 1. The number of amides is 1. The van der Waals surface area contributed by atoms with Gasteiger partial charge in [0.15, 0.2) is 0 Å². The first-order valence-electron chi connectivity index (χ1n) is 11.4. The summed E-state index contributed by atoms with van der Waals surface area (Å²) in [5.41, 5.74) is 5.34. The fourth-order valence-corrected chi connectivity index (χ4v) is 4.51. The Kier molecular flexibility index (Phi) is 6.53. The van der Waals surface area contributed by atoms with Crippen molar-refractivity contribution in [3.63, 3.8) is 0 Å². The maximum Gasteiger partial charge on any atom is 0.262 e. The zero-order chi connectivity index (χ0) is 26.4. The Bertz CT molecular complexity index is 1470. The number of nitrogens with two attached hydrogens (primary N) is 1. The fraction of sp³-hybridized carbons (Fsp3) is 0.308. The van der Waals surface area contributed by atoms with Gasteiger partial charge in [0.05, 0.1) is 23.8 Å². The normalized spacial score (nSPS) is 15.1. The topological polar surface area (TPSA) is 130 Å². The maximum absolute atomic E-state index is 13.3. The van der Waals surface area contributed by atoms with Crippen LogP contribution in [0.3, 0.4) is 0 Å². The van der Waals surface area contributed by atoms with E-state index in [0.29, 0.717) is 33.4 Å². The molecule has 1 aliphatic rings. The van der Waals surface area contributed by atoms with E-state index in [0.717, 1.165) is 5.76 Å². The van der Waals surface area contributed by atoms with Gasteiger partial charge in [0.1, 0.15) is 28.7 Å². The van der Waals surface area contributed by atoms with Crippen molar-refractivity contribution in [2.45, 2.75) is 40.3 Å². The van der Waals surface area contributed by atoms with Crippen LogP contribution in [0.15, 0.2) is 55.5 Å². The standard InChI is InChI=1S/C26H28ClN5O4/c1-13-6-9-17(36-13)24(26(2,3)4)31-21-20(22(33)23(21)34)30-16-8-7-15(27)14-12-32(25(35)19(14)16)18(29-5)10-11-28/h6-11,24,30-31H,12,28H2,1-5H3/t24-/m0/s1. The molecule has 0 radical (unpaired) electrons. The molecule has 1 atom stereocenters. The second kappa shape index (κ2) is 9.31. The molecule has 0 bridgehead atoms. The summed E-state index contributed by atoms with van der Waals surface area (Å²) in [5.74, 6) is 1.42. The van der Waals surface area contributed by atoms with Crippen LogP contribution in [-0.2, 0) is 6.54 Å². The van der Waals surface area contributed by atoms with E-state index in [1.807, 2.05) is 39.8 Å². The quantitative estimate of drug-likeness (QED) is 0.257. The summed E-state index contributed by atoms with van der Waals surface area (Å²) in [4.78, 5) is 44.1. The van der Waals surface area contributed by atoms with Crippen molar-refractivity contribution in [3.8, 4) is 0 Å². The van der Waals surface area contributed by atoms with Gasteiger partial charge in [-0.15, -0.1) is 0 Å². The van der Waals surface area contributed by atoms with Crippen LogP contribution in [0.1, 0.15) is 54.3 Å². The number of hydrogen-bond donors (Lipinski definition) is 3. The number of benzene rings is 1. The number of halogens is 1. The highest BCUT2D eigenvalue weighted by Gasteiger charge is 2.36. The van der Waals surface area contributed by atoms with Crippen LogP contribution in [0.5, 0.6) is 0 Å². The molecular formula is C26H28ClN5O4. The van der Waals surface area contributed by atoms with E-state index in [2.05, 4.69) is 15.6 Å². The molecule has 0 saturated heterocycles. The molecule has 9 nitrogen and oxygen atoms in total. The summed E-state index contributed by atoms with van der Waals surface area (Å²) in [5, 5.41) is 6.63. The van der Waals surface area contributed by atoms with Crippen LogP contribution >= 0.6 is 11.6 Å². The lowest BCUT2D eigenvalue weighted by atomic mass is 9.85. The van der Waals surface area contributed by atoms with E-state index in [-0.39, 0.29) is 35.3 Å². The number of furan rings is 1. The molecule has 0 fully saturated rings. The highest BCUT2D eigenvalue weighted by molar-refractivity contribution is 6.33. The molecule has 1 aliphatic heterocycles. The Labute approximate surface area is 213 Å². The van der Waals surface area contributed by atoms with Gasteiger partial charge < -0.3 is 20.8 Å². The largest absolute Gasteiger partial charge is 0.464 e. The van der Waals surface area contributed by atoms with Crippen LogP contribution < -0.4 is 27.2 Å². The molecule has 0 unspecified atom stereocenters. The molecule has 1 aromatic heterocycles. The van der Waals surface area contributed by atoms with Crippen molar-refractivity contribution in [2.75, 3.05) is 17.7 Å². The highest BCUT2D eigenvalue weighted by atomic mass is 35.5. The Morgan fingerprint density at radius 3 is 2.44 bits per heavy atom. The van der Waals surface area contributed by atoms with Crippen molar-refractivity contribution >= 4 is 40.4 Å². The van der Waals surface area contributed by atoms with Crippen LogP contribution in [0.2, 0.25) is 5.02 Å². The number of hydrogen-bond acceptors (Lipinski definition) is 8. The van der Waals surface area contributed by atoms with Gasteiger partial charge in [-0.2, -0.15) is 0 Å². The first kappa shape index (κ1) is 25.2. The van der Waals surface area contributed by atoms with Crippen molar-refractivity contribution in [1.82, 2.24) is 4.90 Å². The van der Waals surface area contributed by atoms with Gasteiger partial charge in [0.2, 0.25) is 0 Å². The van der Waals surface area contributed by atoms with Crippen LogP contribution in [0.4, 0.5) is 17.1 Å². The molecule has 2 aromatic carbocycles. The van der Waals surface area contributed by atoms with Gasteiger partial charge >= 0.3 is 0 Å². The summed E-state index contributed by atoms with van der Waals surface area (Å²) in [6.07, 6.45) is 2.82. The number of nitrogens with zero attached hydrogens (tertiary/aromatic N) is 2. The van der Waals surface area contributed by atoms with Crippen molar-refractivity contribution in [2.24, 2.45) is 16.1 Å². The molecule has 0 saturated carbocycles. The first-order valence-corrected chi connectivity index (χ1v) is 11.8. The van der Waals surface area contributed by atoms with Crippen molar-refractivity contribution in [1.29, 1.82) is 0 Å². The number of aryl methyl sites for hydroxylation is 1. The van der Waals surface area contributed by atoms with Gasteiger partial charge in [-0.1, -0.05) is 32.4 Å². The highest BCUT2D eigenvalue weighted by Crippen LogP contribution is 2.40. The van der Waals surface area contributed by atoms with E-state index in [4.69, 9.17) is 21.8 Å². The molecule has 3 aromatic rings. The van der Waals surface area contributed by atoms with Crippen molar-refractivity contribution in [3.05, 3.63) is 84.7 Å². The minimum absolute atomic E-state index is 0.0829. The van der Waals surface area contributed by atoms with E-state index in [9.17, 15) is 14.4 Å². The van der Waals surface area contributed by atoms with E-state index < -0.39 is 10.9 Å². The average Bonchev–Trinajstić information content (AvgIpc) is 3.41. The third-order valence-corrected chi connectivity index (χ3v) is 6.51. The fourth-order valence-electron chi connectivity index (χ4n) is 4.30. The predicted octanol–water partition coefficient (Wildman–Crippen LogP) is 4.24. The molecule has 0 aliphatic carbocycles. The number of nitrogens with one attached hydrogen (secondary N) is 2. The van der Waals surface area contributed by atoms with E-state index >= 15 is 0 Å². The van der Waals surface area contributed by atoms with Crippen molar-refractivity contribution < 1.29 is 9.21 Å². The Hall–Kier alpha value is -3.85. The molecule has 0 spiro atoms. The second-order valence-corrected chi connectivity index (χ2v) is 10.1. The third kappa shape index (κ3) is 4.30. The van der Waals surface area contributed by atoms with Gasteiger partial charge in [0, 0.05) is 17.6 Å². The number of carbonyl (C=O) groups excluding carboxylic acids is 1. The molecule has 188 valence electrons. The lowest BCUT2D eigenvalue weighted by Gasteiger charge is -2.31. The van der Waals surface area contributed by atoms with Gasteiger partial charge in [-0.25, -0.2) is 0 Å². The monoisotopic (exact) mass is 509 g/mol. The van der Waals surface area contributed by atoms with Gasteiger partial charge in [-0.05, 0) is 48.9 Å². The molecule has 36 heavy (non-hydrogen) atoms. The second-order valence-electron chi connectivity index (χ2n) is 9.71. The third-order valence-electron chi connectivity index (χ3n) is 6.15. The zero-order valence-corrected chi connectivity index (χ0v) is 21.5. The molecular weight excluding hydrogens is 482 g/mol. The lowest BCUT2D eigenvalue weighted by molar-refractivity contribution is 0.0867. The summed E-state index contributed by atoms with van der Waals surface area (Å²) in [7, 11) is 1.56. The van der Waals surface area contributed by atoms with Crippen LogP contribution in [0, 0.1) is 12.3 Å². The summed E-state index contributed by atoms with van der Waals surface area (Å²) >= 11 is 6.41. The van der Waals surface area contributed by atoms with E-state index in [1.165, 1.54) is 17.2 Å². The van der Waals surface area contributed by atoms with E-state index in [1.54, 1.807) is 19.2 Å². The Morgan fingerprint density at radius 2 is 1.86 bits per heavy atom. The maximum atomic E-state index is 13.3. The Morgan fingerprint density at radius 1 is 1.17 bits per heavy atom. The summed E-state index contributed by atoms with van der Waals surface area (Å²) in [6, 6.07) is 6.57. The summed E-state index contributed by atoms with van der Waals surface area (Å²) in [6.45, 7) is 8.04. The molecule has 10 heteroatoms. The number of anilines is 3. The molecule has 4 rings (SSSR count). The Balaban J connectivity index is 1.71. The van der Waals surface area contributed by atoms with Crippen LogP contribution in [-0.4, -0.2) is 23.7 Å². The smallest absolute Gasteiger partial charge is 0.262 e. The van der Waals surface area contributed by atoms with Gasteiger partial charge in [-0.3, -0.25) is 24.3 Å². The summed E-state index contributed by atoms with van der Waals surface area (Å²) < 4.78 is 5.82. The number of amidine groups is 1. The minimum atomic E-state index is -0.673. The number of aliphatic imine (C=N–C) groups is 1. The van der Waals surface area contributed by atoms with Crippen LogP contribution in [0.25, 0.3) is 0 Å². The molecule has 1 amide bonds. The first-order chi connectivity index (χ1) is 17.0. The lowest BCUT2D eigenvalue weighted by Crippen LogP contribution is -2.39. The zero-order valence-electron chi connectivity index (χ0n) is 20.7. The number of carbonyl (C=O) groups is 1. The predicted molar refractivity (Wildman–Crippen MR) is 142 cm³/mol. The SMILES string of the molecule is CN=C(C=CN)N1Cc2c(Cl)ccc(Nc3c(N[C@@H](c4ccc(C)o4)C(C)(C)C)c(=O)c3=O)c2C1=O. The average molecular weight is 510 g/mol. The minimum Gasteiger partial charge on any atom is -0.464 e. The number of rotatable bonds is 6. The van der Waals surface area contributed by atoms with Gasteiger partial charge in [0.25, 0.3) is 16.8 Å². The molecule has 4 N–H and O–H groups in total. The molecule has 2 heterocycles.